The number of pyridine rings is 1. The molecule has 11 heteroatoms. The summed E-state index contributed by atoms with van der Waals surface area (Å²) < 4.78 is 49.0. The van der Waals surface area contributed by atoms with Crippen LogP contribution in [0.5, 0.6) is 5.88 Å². The van der Waals surface area contributed by atoms with Crippen LogP contribution in [0.3, 0.4) is 0 Å². The smallest absolute Gasteiger partial charge is 0.475 e. The number of aryl methyl sites for hydroxylation is 1. The van der Waals surface area contributed by atoms with Gasteiger partial charge in [-0.2, -0.15) is 13.2 Å². The summed E-state index contributed by atoms with van der Waals surface area (Å²) in [5, 5.41) is 7.12. The van der Waals surface area contributed by atoms with Gasteiger partial charge in [0.1, 0.15) is 18.0 Å². The minimum Gasteiger partial charge on any atom is -0.475 e. The van der Waals surface area contributed by atoms with Crippen molar-refractivity contribution in [2.24, 2.45) is 0 Å². The fourth-order valence-electron chi connectivity index (χ4n) is 3.63. The van der Waals surface area contributed by atoms with Crippen molar-refractivity contribution in [1.82, 2.24) is 9.88 Å². The fraction of sp³-hybridized carbons (Fsp3) is 0.450. The predicted molar refractivity (Wildman–Crippen MR) is 99.6 cm³/mol. The zero-order valence-corrected chi connectivity index (χ0v) is 16.5. The van der Waals surface area contributed by atoms with Crippen molar-refractivity contribution in [3.8, 4) is 5.88 Å². The van der Waals surface area contributed by atoms with E-state index in [0.29, 0.717) is 30.4 Å². The minimum atomic E-state index is -5.08. The van der Waals surface area contributed by atoms with Crippen molar-refractivity contribution in [2.45, 2.75) is 44.2 Å². The summed E-state index contributed by atoms with van der Waals surface area (Å²) in [6.45, 7) is 2.93. The van der Waals surface area contributed by atoms with Gasteiger partial charge in [0.25, 0.3) is 5.91 Å². The Labute approximate surface area is 175 Å². The maximum atomic E-state index is 12.8. The number of fused-ring (bicyclic) bond motifs is 1. The van der Waals surface area contributed by atoms with Gasteiger partial charge in [0, 0.05) is 18.8 Å². The van der Waals surface area contributed by atoms with Crippen molar-refractivity contribution in [3.05, 3.63) is 48.0 Å². The van der Waals surface area contributed by atoms with Crippen LogP contribution >= 0.6 is 0 Å². The fourth-order valence-corrected chi connectivity index (χ4v) is 3.63. The number of carboxylic acids is 1. The van der Waals surface area contributed by atoms with E-state index >= 15 is 0 Å². The first-order valence-electron chi connectivity index (χ1n) is 9.53. The average molecular weight is 442 g/mol. The minimum absolute atomic E-state index is 0.0121. The Kier molecular flexibility index (Phi) is 6.84. The number of nitrogens with zero attached hydrogens (tertiary/aromatic N) is 2. The number of hydrogen-bond acceptors (Lipinski definition) is 6. The molecule has 1 saturated heterocycles. The van der Waals surface area contributed by atoms with E-state index < -0.39 is 12.1 Å². The number of ether oxygens (including phenoxy) is 2. The van der Waals surface area contributed by atoms with Gasteiger partial charge in [0.15, 0.2) is 0 Å². The Bertz CT molecular complexity index is 902. The van der Waals surface area contributed by atoms with E-state index in [9.17, 15) is 18.0 Å². The summed E-state index contributed by atoms with van der Waals surface area (Å²) in [4.78, 5) is 27.9. The van der Waals surface area contributed by atoms with Gasteiger partial charge in [0.2, 0.25) is 5.88 Å². The monoisotopic (exact) mass is 442 g/mol. The summed E-state index contributed by atoms with van der Waals surface area (Å²) in [7, 11) is 0. The summed E-state index contributed by atoms with van der Waals surface area (Å²) >= 11 is 0. The normalized spacial score (nSPS) is 22.8. The van der Waals surface area contributed by atoms with Crippen LogP contribution in [-0.2, 0) is 9.53 Å². The van der Waals surface area contributed by atoms with Crippen LogP contribution in [0, 0.1) is 6.92 Å². The molecule has 0 aromatic carbocycles. The number of hydrogen-bond donors (Lipinski definition) is 1. The second-order valence-electron chi connectivity index (χ2n) is 7.00. The molecule has 1 amide bonds. The zero-order valence-electron chi connectivity index (χ0n) is 16.5. The third-order valence-electron chi connectivity index (χ3n) is 5.04. The molecule has 1 aliphatic carbocycles. The Morgan fingerprint density at radius 2 is 2.00 bits per heavy atom. The van der Waals surface area contributed by atoms with Gasteiger partial charge in [-0.15, -0.1) is 0 Å². The van der Waals surface area contributed by atoms with Crippen LogP contribution in [0.4, 0.5) is 13.2 Å². The summed E-state index contributed by atoms with van der Waals surface area (Å²) in [6, 6.07) is 7.37. The molecule has 1 N–H and O–H groups in total. The molecule has 1 aliphatic heterocycles. The lowest BCUT2D eigenvalue weighted by Gasteiger charge is -2.38. The molecule has 0 bridgehead atoms. The molecule has 8 nitrogen and oxygen atoms in total. The number of carbonyl (C=O) groups is 2. The van der Waals surface area contributed by atoms with Gasteiger partial charge < -0.3 is 23.9 Å². The van der Waals surface area contributed by atoms with E-state index in [4.69, 9.17) is 23.8 Å². The van der Waals surface area contributed by atoms with E-state index in [-0.39, 0.29) is 24.2 Å². The van der Waals surface area contributed by atoms with Gasteiger partial charge in [-0.1, -0.05) is 6.07 Å². The van der Waals surface area contributed by atoms with Gasteiger partial charge in [-0.3, -0.25) is 4.79 Å². The lowest BCUT2D eigenvalue weighted by molar-refractivity contribution is -0.192. The third kappa shape index (κ3) is 5.35. The van der Waals surface area contributed by atoms with Crippen LogP contribution in [0.25, 0.3) is 0 Å². The predicted octanol–water partition coefficient (Wildman–Crippen LogP) is 3.07. The van der Waals surface area contributed by atoms with Crippen LogP contribution in [0.2, 0.25) is 0 Å². The maximum Gasteiger partial charge on any atom is 0.490 e. The maximum absolute atomic E-state index is 12.8. The molecule has 0 radical (unpaired) electrons. The number of halogens is 3. The molecule has 2 aliphatic rings. The number of aliphatic carboxylic acids is 1. The van der Waals surface area contributed by atoms with E-state index in [2.05, 4.69) is 4.98 Å². The molecule has 3 atom stereocenters. The Morgan fingerprint density at radius 1 is 1.26 bits per heavy atom. The van der Waals surface area contributed by atoms with Crippen molar-refractivity contribution < 1.29 is 41.8 Å². The van der Waals surface area contributed by atoms with Gasteiger partial charge in [0.05, 0.1) is 24.5 Å². The number of carboxylic acid groups (broad SMARTS) is 1. The summed E-state index contributed by atoms with van der Waals surface area (Å²) in [5.41, 5.74) is 0.629. The van der Waals surface area contributed by atoms with Gasteiger partial charge in [-0.05, 0) is 31.9 Å². The quantitative estimate of drug-likeness (QED) is 0.780. The molecule has 168 valence electrons. The average Bonchev–Trinajstić information content (AvgIpc) is 3.34. The highest BCUT2D eigenvalue weighted by molar-refractivity contribution is 5.95. The van der Waals surface area contributed by atoms with Gasteiger partial charge >= 0.3 is 12.1 Å². The number of alkyl halides is 3. The van der Waals surface area contributed by atoms with Crippen LogP contribution in [0.15, 0.2) is 41.1 Å². The third-order valence-corrected chi connectivity index (χ3v) is 5.04. The second kappa shape index (κ2) is 9.38. The van der Waals surface area contributed by atoms with Crippen molar-refractivity contribution in [1.29, 1.82) is 0 Å². The molecule has 2 fully saturated rings. The lowest BCUT2D eigenvalue weighted by atomic mass is 10.1. The number of rotatable bonds is 3. The second-order valence-corrected chi connectivity index (χ2v) is 7.00. The SMILES string of the molecule is Cc1occc1C(=O)N1CCO[C@H]2[C@@H](Oc3ccccn3)CC[C@@H]21.O=C(O)C(F)(F)F. The zero-order chi connectivity index (χ0) is 22.6. The van der Waals surface area contributed by atoms with E-state index in [1.54, 1.807) is 18.5 Å². The Balaban J connectivity index is 0.000000339. The first-order chi connectivity index (χ1) is 14.7. The first-order valence-corrected chi connectivity index (χ1v) is 9.53. The van der Waals surface area contributed by atoms with E-state index in [1.165, 1.54) is 0 Å². The van der Waals surface area contributed by atoms with Crippen molar-refractivity contribution >= 4 is 11.9 Å². The molecule has 2 aromatic heterocycles. The van der Waals surface area contributed by atoms with Crippen LogP contribution in [0.1, 0.15) is 29.0 Å². The van der Waals surface area contributed by atoms with Crippen LogP contribution in [-0.4, -0.2) is 64.4 Å². The summed E-state index contributed by atoms with van der Waals surface area (Å²) in [6.07, 6.45) is -0.295. The number of amides is 1. The molecule has 0 unspecified atom stereocenters. The van der Waals surface area contributed by atoms with Gasteiger partial charge in [-0.25, -0.2) is 9.78 Å². The highest BCUT2D eigenvalue weighted by Crippen LogP contribution is 2.33. The largest absolute Gasteiger partial charge is 0.490 e. The lowest BCUT2D eigenvalue weighted by Crippen LogP contribution is -2.54. The van der Waals surface area contributed by atoms with E-state index in [0.717, 1.165) is 12.8 Å². The van der Waals surface area contributed by atoms with E-state index in [1.807, 2.05) is 30.0 Å². The number of carbonyl (C=O) groups excluding carboxylic acids is 1. The molecule has 1 saturated carbocycles. The Morgan fingerprint density at radius 3 is 2.58 bits per heavy atom. The molecule has 3 heterocycles. The molecule has 0 spiro atoms. The Hall–Kier alpha value is -3.08. The number of morpholine rings is 1. The standard InChI is InChI=1S/C18H20N2O4.C2HF3O2/c1-12-13(7-10-22-12)18(21)20-9-11-23-17-14(20)5-6-15(17)24-16-4-2-3-8-19-16;3-2(4,5)1(6)7/h2-4,7-8,10,14-15,17H,5-6,9,11H2,1H3;(H,6,7)/t14-,15-,17+;/m0./s1. The molecule has 31 heavy (non-hydrogen) atoms. The highest BCUT2D eigenvalue weighted by atomic mass is 19.4. The summed E-state index contributed by atoms with van der Waals surface area (Å²) in [5.74, 6) is -1.49. The van der Waals surface area contributed by atoms with Crippen molar-refractivity contribution in [3.63, 3.8) is 0 Å². The van der Waals surface area contributed by atoms with Crippen LogP contribution < -0.4 is 4.74 Å². The first kappa shape index (κ1) is 22.6. The molecular formula is C20H21F3N2O6. The van der Waals surface area contributed by atoms with Crippen molar-refractivity contribution in [2.75, 3.05) is 13.2 Å². The highest BCUT2D eigenvalue weighted by Gasteiger charge is 2.46. The molecule has 2 aromatic rings. The molecular weight excluding hydrogens is 421 g/mol. The number of furan rings is 1. The molecule has 4 rings (SSSR count). The topological polar surface area (TPSA) is 102 Å². The number of aromatic nitrogens is 1.